The molecule has 0 radical (unpaired) electrons. The molecular weight excluding hydrogens is 379 g/mol. The number of carbonyl (C=O) groups excluding carboxylic acids is 2. The first-order chi connectivity index (χ1) is 13.5. The number of benzene rings is 3. The zero-order valence-electron chi connectivity index (χ0n) is 14.7. The van der Waals surface area contributed by atoms with Gasteiger partial charge in [0.15, 0.2) is 0 Å². The third-order valence-corrected chi connectivity index (χ3v) is 4.09. The molecule has 0 atom stereocenters. The average Bonchev–Trinajstić information content (AvgIpc) is 2.70. The lowest BCUT2D eigenvalue weighted by Gasteiger charge is -2.08. The number of carbonyl (C=O) groups is 2. The molecule has 140 valence electrons. The van der Waals surface area contributed by atoms with E-state index in [1.807, 2.05) is 30.3 Å². The number of nitrogens with one attached hydrogen (secondary N) is 2. The zero-order chi connectivity index (χ0) is 19.9. The van der Waals surface area contributed by atoms with Crippen molar-refractivity contribution < 1.29 is 14.0 Å². The summed E-state index contributed by atoms with van der Waals surface area (Å²) in [5, 5.41) is 5.27. The Kier molecular flexibility index (Phi) is 6.19. The lowest BCUT2D eigenvalue weighted by molar-refractivity contribution is -0.111. The molecule has 0 aliphatic heterocycles. The summed E-state index contributed by atoms with van der Waals surface area (Å²) in [5.41, 5.74) is 2.10. The van der Waals surface area contributed by atoms with E-state index in [0.717, 1.165) is 5.56 Å². The summed E-state index contributed by atoms with van der Waals surface area (Å²) in [4.78, 5) is 24.5. The Morgan fingerprint density at radius 1 is 0.857 bits per heavy atom. The van der Waals surface area contributed by atoms with E-state index >= 15 is 0 Å². The maximum atomic E-state index is 13.2. The summed E-state index contributed by atoms with van der Waals surface area (Å²) < 4.78 is 13.2. The number of hydrogen-bond acceptors (Lipinski definition) is 2. The van der Waals surface area contributed by atoms with Crippen molar-refractivity contribution in [1.82, 2.24) is 0 Å². The van der Waals surface area contributed by atoms with Crippen molar-refractivity contribution in [2.45, 2.75) is 0 Å². The van der Waals surface area contributed by atoms with Gasteiger partial charge in [0.2, 0.25) is 5.91 Å². The summed E-state index contributed by atoms with van der Waals surface area (Å²) >= 11 is 5.72. The van der Waals surface area contributed by atoms with Gasteiger partial charge >= 0.3 is 0 Å². The van der Waals surface area contributed by atoms with Crippen LogP contribution >= 0.6 is 11.6 Å². The van der Waals surface area contributed by atoms with E-state index in [1.54, 1.807) is 30.3 Å². The maximum Gasteiger partial charge on any atom is 0.255 e. The van der Waals surface area contributed by atoms with Crippen LogP contribution in [0, 0.1) is 5.82 Å². The Bertz CT molecular complexity index is 1040. The van der Waals surface area contributed by atoms with Crippen LogP contribution in [0.2, 0.25) is 5.02 Å². The van der Waals surface area contributed by atoms with Gasteiger partial charge in [-0.2, -0.15) is 0 Å². The third kappa shape index (κ3) is 5.28. The molecule has 4 nitrogen and oxygen atoms in total. The van der Waals surface area contributed by atoms with E-state index in [1.165, 1.54) is 24.3 Å². The quantitative estimate of drug-likeness (QED) is 0.570. The molecule has 0 aromatic heterocycles. The Hall–Kier alpha value is -3.44. The monoisotopic (exact) mass is 394 g/mol. The molecule has 2 amide bonds. The second-order valence-electron chi connectivity index (χ2n) is 5.90. The van der Waals surface area contributed by atoms with Gasteiger partial charge in [-0.05, 0) is 48.0 Å². The van der Waals surface area contributed by atoms with Crippen LogP contribution in [0.3, 0.4) is 0 Å². The molecule has 0 heterocycles. The molecule has 0 saturated heterocycles. The topological polar surface area (TPSA) is 58.2 Å². The Labute approximate surface area is 166 Å². The van der Waals surface area contributed by atoms with Crippen LogP contribution in [-0.2, 0) is 4.79 Å². The highest BCUT2D eigenvalue weighted by Crippen LogP contribution is 2.20. The predicted octanol–water partition coefficient (Wildman–Crippen LogP) is 5.38. The second-order valence-corrected chi connectivity index (χ2v) is 6.30. The van der Waals surface area contributed by atoms with E-state index in [0.29, 0.717) is 16.9 Å². The van der Waals surface area contributed by atoms with E-state index in [2.05, 4.69) is 10.6 Å². The molecule has 3 aromatic carbocycles. The second kappa shape index (κ2) is 8.97. The highest BCUT2D eigenvalue weighted by molar-refractivity contribution is 6.31. The van der Waals surface area contributed by atoms with Gasteiger partial charge in [-0.3, -0.25) is 9.59 Å². The molecule has 0 spiro atoms. The fourth-order valence-electron chi connectivity index (χ4n) is 2.44. The third-order valence-electron chi connectivity index (χ3n) is 3.80. The first-order valence-corrected chi connectivity index (χ1v) is 8.79. The van der Waals surface area contributed by atoms with Gasteiger partial charge in [0.05, 0.1) is 5.02 Å². The highest BCUT2D eigenvalue weighted by atomic mass is 35.5. The minimum atomic E-state index is -0.562. The average molecular weight is 395 g/mol. The van der Waals surface area contributed by atoms with Crippen molar-refractivity contribution in [2.75, 3.05) is 10.6 Å². The summed E-state index contributed by atoms with van der Waals surface area (Å²) in [7, 11) is 0. The normalized spacial score (nSPS) is 10.6. The van der Waals surface area contributed by atoms with E-state index in [4.69, 9.17) is 11.6 Å². The molecule has 0 bridgehead atoms. The molecule has 28 heavy (non-hydrogen) atoms. The summed E-state index contributed by atoms with van der Waals surface area (Å²) in [5.74, 6) is -1.28. The molecule has 0 aliphatic carbocycles. The van der Waals surface area contributed by atoms with Crippen molar-refractivity contribution in [1.29, 1.82) is 0 Å². The Morgan fingerprint density at radius 3 is 2.36 bits per heavy atom. The van der Waals surface area contributed by atoms with Gasteiger partial charge in [0.1, 0.15) is 5.82 Å². The SMILES string of the molecule is O=C(/C=C/c1ccccc1)Nc1cccc(C(=O)Nc2ccc(F)c(Cl)c2)c1. The zero-order valence-corrected chi connectivity index (χ0v) is 15.4. The van der Waals surface area contributed by atoms with Crippen LogP contribution < -0.4 is 10.6 Å². The van der Waals surface area contributed by atoms with Gasteiger partial charge in [0, 0.05) is 23.0 Å². The van der Waals surface area contributed by atoms with Crippen molar-refractivity contribution >= 4 is 40.9 Å². The van der Waals surface area contributed by atoms with Crippen LogP contribution in [-0.4, -0.2) is 11.8 Å². The first-order valence-electron chi connectivity index (χ1n) is 8.42. The molecule has 3 rings (SSSR count). The van der Waals surface area contributed by atoms with Crippen molar-refractivity contribution in [3.05, 3.63) is 101 Å². The fourth-order valence-corrected chi connectivity index (χ4v) is 2.62. The number of hydrogen-bond donors (Lipinski definition) is 2. The Balaban J connectivity index is 1.66. The summed E-state index contributed by atoms with van der Waals surface area (Å²) in [6.45, 7) is 0. The van der Waals surface area contributed by atoms with Crippen molar-refractivity contribution in [3.63, 3.8) is 0 Å². The van der Waals surface area contributed by atoms with Crippen LogP contribution in [0.15, 0.2) is 78.9 Å². The molecule has 0 fully saturated rings. The van der Waals surface area contributed by atoms with Crippen molar-refractivity contribution in [3.8, 4) is 0 Å². The maximum absolute atomic E-state index is 13.2. The lowest BCUT2D eigenvalue weighted by atomic mass is 10.1. The fraction of sp³-hybridized carbons (Fsp3) is 0. The van der Waals surface area contributed by atoms with Crippen LogP contribution in [0.5, 0.6) is 0 Å². The molecule has 0 unspecified atom stereocenters. The van der Waals surface area contributed by atoms with Crippen LogP contribution in [0.1, 0.15) is 15.9 Å². The molecule has 0 aliphatic rings. The van der Waals surface area contributed by atoms with Gasteiger partial charge in [-0.15, -0.1) is 0 Å². The largest absolute Gasteiger partial charge is 0.322 e. The number of amides is 2. The summed E-state index contributed by atoms with van der Waals surface area (Å²) in [6.07, 6.45) is 3.12. The predicted molar refractivity (Wildman–Crippen MR) is 110 cm³/mol. The van der Waals surface area contributed by atoms with Crippen molar-refractivity contribution in [2.24, 2.45) is 0 Å². The van der Waals surface area contributed by atoms with E-state index in [9.17, 15) is 14.0 Å². The van der Waals surface area contributed by atoms with Gasteiger partial charge in [-0.1, -0.05) is 48.0 Å². The highest BCUT2D eigenvalue weighted by Gasteiger charge is 2.09. The Morgan fingerprint density at radius 2 is 1.61 bits per heavy atom. The number of rotatable bonds is 5. The minimum Gasteiger partial charge on any atom is -0.322 e. The standard InChI is InChI=1S/C22H16ClFN2O2/c23-19-14-18(10-11-20(19)24)26-22(28)16-7-4-8-17(13-16)25-21(27)12-9-15-5-2-1-3-6-15/h1-14H,(H,25,27)(H,26,28)/b12-9+. The van der Waals surface area contributed by atoms with Gasteiger partial charge in [-0.25, -0.2) is 4.39 Å². The lowest BCUT2D eigenvalue weighted by Crippen LogP contribution is -2.13. The number of anilines is 2. The minimum absolute atomic E-state index is 0.0796. The van der Waals surface area contributed by atoms with Crippen LogP contribution in [0.4, 0.5) is 15.8 Å². The number of halogens is 2. The molecule has 0 saturated carbocycles. The first kappa shape index (κ1) is 19.3. The smallest absolute Gasteiger partial charge is 0.255 e. The van der Waals surface area contributed by atoms with Gasteiger partial charge < -0.3 is 10.6 Å². The molecule has 3 aromatic rings. The van der Waals surface area contributed by atoms with Crippen LogP contribution in [0.25, 0.3) is 6.08 Å². The molecular formula is C22H16ClFN2O2. The molecule has 6 heteroatoms. The van der Waals surface area contributed by atoms with E-state index in [-0.39, 0.29) is 10.9 Å². The van der Waals surface area contributed by atoms with Gasteiger partial charge in [0.25, 0.3) is 5.91 Å². The summed E-state index contributed by atoms with van der Waals surface area (Å²) in [6, 6.07) is 19.8. The molecule has 2 N–H and O–H groups in total. The van der Waals surface area contributed by atoms with E-state index < -0.39 is 11.7 Å².